The molecule has 0 saturated heterocycles. The number of anilines is 1. The Hall–Kier alpha value is -1.85. The molecule has 1 fully saturated rings. The number of hydrogen-bond acceptors (Lipinski definition) is 4. The first-order valence-electron chi connectivity index (χ1n) is 6.10. The third-order valence-electron chi connectivity index (χ3n) is 2.96. The lowest BCUT2D eigenvalue weighted by atomic mass is 10.4. The van der Waals surface area contributed by atoms with Gasteiger partial charge in [-0.05, 0) is 18.9 Å². The van der Waals surface area contributed by atoms with Crippen LogP contribution in [0.3, 0.4) is 0 Å². The molecule has 0 amide bonds. The summed E-state index contributed by atoms with van der Waals surface area (Å²) in [5, 5.41) is 0. The van der Waals surface area contributed by atoms with Crippen LogP contribution in [0.15, 0.2) is 17.3 Å². The number of nitrogens with two attached hydrogens (primary N) is 1. The van der Waals surface area contributed by atoms with Gasteiger partial charge in [-0.15, -0.1) is 0 Å². The fourth-order valence-corrected chi connectivity index (χ4v) is 1.61. The minimum atomic E-state index is 0.492. The van der Waals surface area contributed by atoms with Gasteiger partial charge in [0.25, 0.3) is 0 Å². The van der Waals surface area contributed by atoms with Crippen molar-refractivity contribution < 1.29 is 0 Å². The molecule has 1 aromatic rings. The van der Waals surface area contributed by atoms with Crippen LogP contribution < -0.4 is 10.6 Å². The second-order valence-electron chi connectivity index (χ2n) is 4.76. The van der Waals surface area contributed by atoms with Gasteiger partial charge < -0.3 is 15.5 Å². The summed E-state index contributed by atoms with van der Waals surface area (Å²) in [6.45, 7) is 0.492. The van der Waals surface area contributed by atoms with E-state index in [4.69, 9.17) is 5.73 Å². The summed E-state index contributed by atoms with van der Waals surface area (Å²) in [6, 6.07) is 2.44. The zero-order valence-electron chi connectivity index (χ0n) is 11.2. The van der Waals surface area contributed by atoms with Gasteiger partial charge in [0.05, 0.1) is 12.2 Å². The highest BCUT2D eigenvalue weighted by molar-refractivity contribution is 5.78. The highest BCUT2D eigenvalue weighted by Crippen LogP contribution is 2.24. The molecule has 0 bridgehead atoms. The minimum Gasteiger partial charge on any atom is -0.370 e. The first-order valence-corrected chi connectivity index (χ1v) is 6.10. The lowest BCUT2D eigenvalue weighted by molar-refractivity contribution is 0.487. The van der Waals surface area contributed by atoms with Gasteiger partial charge in [-0.1, -0.05) is 0 Å². The normalized spacial score (nSPS) is 15.6. The molecule has 0 atom stereocenters. The van der Waals surface area contributed by atoms with E-state index in [2.05, 4.69) is 15.0 Å². The van der Waals surface area contributed by atoms with Gasteiger partial charge in [0, 0.05) is 33.4 Å². The molecule has 6 nitrogen and oxygen atoms in total. The molecule has 1 saturated carbocycles. The quantitative estimate of drug-likeness (QED) is 0.619. The Morgan fingerprint density at radius 1 is 1.44 bits per heavy atom. The van der Waals surface area contributed by atoms with Crippen LogP contribution in [0.2, 0.25) is 0 Å². The standard InChI is InChI=1S/C12H20N6/c1-17(2)12-14-7-6-9(16-12)8-15-11(13)18(3)10-4-5-10/h6-7,10H,4-5,8H2,1-3H3,(H2,13,15). The highest BCUT2D eigenvalue weighted by Gasteiger charge is 2.27. The van der Waals surface area contributed by atoms with Gasteiger partial charge in [0.15, 0.2) is 5.96 Å². The molecule has 2 rings (SSSR count). The largest absolute Gasteiger partial charge is 0.370 e. The molecule has 6 heteroatoms. The van der Waals surface area contributed by atoms with Crippen LogP contribution >= 0.6 is 0 Å². The van der Waals surface area contributed by atoms with E-state index in [0.29, 0.717) is 24.5 Å². The van der Waals surface area contributed by atoms with Gasteiger partial charge >= 0.3 is 0 Å². The molecular formula is C12H20N6. The third kappa shape index (κ3) is 3.09. The van der Waals surface area contributed by atoms with E-state index in [1.807, 2.05) is 37.0 Å². The van der Waals surface area contributed by atoms with Crippen molar-refractivity contribution in [3.63, 3.8) is 0 Å². The average molecular weight is 248 g/mol. The highest BCUT2D eigenvalue weighted by atomic mass is 15.3. The van der Waals surface area contributed by atoms with Crippen molar-refractivity contribution >= 4 is 11.9 Å². The summed E-state index contributed by atoms with van der Waals surface area (Å²) in [5.41, 5.74) is 6.80. The van der Waals surface area contributed by atoms with E-state index in [0.717, 1.165) is 5.69 Å². The molecule has 0 spiro atoms. The lowest BCUT2D eigenvalue weighted by Crippen LogP contribution is -2.35. The zero-order chi connectivity index (χ0) is 13.1. The van der Waals surface area contributed by atoms with Crippen LogP contribution in [0.25, 0.3) is 0 Å². The average Bonchev–Trinajstić information content (AvgIpc) is 3.19. The maximum absolute atomic E-state index is 5.93. The summed E-state index contributed by atoms with van der Waals surface area (Å²) >= 11 is 0. The first kappa shape index (κ1) is 12.6. The van der Waals surface area contributed by atoms with Crippen molar-refractivity contribution in [1.82, 2.24) is 14.9 Å². The van der Waals surface area contributed by atoms with Crippen LogP contribution in [0, 0.1) is 0 Å². The van der Waals surface area contributed by atoms with E-state index in [-0.39, 0.29) is 0 Å². The van der Waals surface area contributed by atoms with Gasteiger partial charge in [-0.2, -0.15) is 0 Å². The molecule has 1 heterocycles. The minimum absolute atomic E-state index is 0.492. The Bertz CT molecular complexity index is 438. The van der Waals surface area contributed by atoms with Gasteiger partial charge in [-0.3, -0.25) is 0 Å². The number of hydrogen-bond donors (Lipinski definition) is 1. The molecule has 0 aromatic carbocycles. The maximum atomic E-state index is 5.93. The van der Waals surface area contributed by atoms with Gasteiger partial charge in [0.1, 0.15) is 0 Å². The molecule has 0 radical (unpaired) electrons. The van der Waals surface area contributed by atoms with Crippen molar-refractivity contribution in [3.05, 3.63) is 18.0 Å². The van der Waals surface area contributed by atoms with Crippen LogP contribution in [0.1, 0.15) is 18.5 Å². The number of nitrogens with zero attached hydrogens (tertiary/aromatic N) is 5. The molecule has 1 aliphatic carbocycles. The zero-order valence-corrected chi connectivity index (χ0v) is 11.2. The Kier molecular flexibility index (Phi) is 3.64. The predicted octanol–water partition coefficient (Wildman–Crippen LogP) is 0.452. The molecule has 1 aromatic heterocycles. The Morgan fingerprint density at radius 2 is 2.17 bits per heavy atom. The van der Waals surface area contributed by atoms with Gasteiger partial charge in [0.2, 0.25) is 5.95 Å². The fourth-order valence-electron chi connectivity index (χ4n) is 1.61. The van der Waals surface area contributed by atoms with E-state index < -0.39 is 0 Å². The van der Waals surface area contributed by atoms with Crippen molar-refractivity contribution in [2.45, 2.75) is 25.4 Å². The SMILES string of the molecule is CN(C)c1nccc(CN=C(N)N(C)C2CC2)n1. The molecule has 18 heavy (non-hydrogen) atoms. The third-order valence-corrected chi connectivity index (χ3v) is 2.96. The fraction of sp³-hybridized carbons (Fsp3) is 0.583. The van der Waals surface area contributed by atoms with E-state index in [1.54, 1.807) is 6.20 Å². The predicted molar refractivity (Wildman–Crippen MR) is 72.5 cm³/mol. The van der Waals surface area contributed by atoms with E-state index in [9.17, 15) is 0 Å². The number of aliphatic imine (C=N–C) groups is 1. The Morgan fingerprint density at radius 3 is 2.78 bits per heavy atom. The van der Waals surface area contributed by atoms with E-state index >= 15 is 0 Å². The van der Waals surface area contributed by atoms with Crippen molar-refractivity contribution in [2.24, 2.45) is 10.7 Å². The smallest absolute Gasteiger partial charge is 0.225 e. The van der Waals surface area contributed by atoms with Gasteiger partial charge in [-0.25, -0.2) is 15.0 Å². The molecule has 0 unspecified atom stereocenters. The first-order chi connectivity index (χ1) is 8.58. The summed E-state index contributed by atoms with van der Waals surface area (Å²) in [6.07, 6.45) is 4.17. The number of aromatic nitrogens is 2. The Balaban J connectivity index is 2.00. The molecule has 2 N–H and O–H groups in total. The van der Waals surface area contributed by atoms with Crippen LogP contribution in [0.4, 0.5) is 5.95 Å². The molecule has 1 aliphatic rings. The lowest BCUT2D eigenvalue weighted by Gasteiger charge is -2.16. The van der Waals surface area contributed by atoms with Crippen LogP contribution in [-0.2, 0) is 6.54 Å². The molecule has 98 valence electrons. The number of rotatable bonds is 4. The second-order valence-corrected chi connectivity index (χ2v) is 4.76. The second kappa shape index (κ2) is 5.20. The van der Waals surface area contributed by atoms with Crippen LogP contribution in [-0.4, -0.2) is 48.0 Å². The Labute approximate surface area is 108 Å². The van der Waals surface area contributed by atoms with Crippen molar-refractivity contribution in [3.8, 4) is 0 Å². The summed E-state index contributed by atoms with van der Waals surface area (Å²) < 4.78 is 0. The summed E-state index contributed by atoms with van der Waals surface area (Å²) in [5.74, 6) is 1.28. The van der Waals surface area contributed by atoms with Crippen molar-refractivity contribution in [2.75, 3.05) is 26.0 Å². The summed E-state index contributed by atoms with van der Waals surface area (Å²) in [7, 11) is 5.82. The maximum Gasteiger partial charge on any atom is 0.225 e. The number of guanidine groups is 1. The molecule has 0 aliphatic heterocycles. The van der Waals surface area contributed by atoms with Crippen molar-refractivity contribution in [1.29, 1.82) is 0 Å². The van der Waals surface area contributed by atoms with Crippen LogP contribution in [0.5, 0.6) is 0 Å². The summed E-state index contributed by atoms with van der Waals surface area (Å²) in [4.78, 5) is 16.8. The van der Waals surface area contributed by atoms with E-state index in [1.165, 1.54) is 12.8 Å². The molecular weight excluding hydrogens is 228 g/mol. The monoisotopic (exact) mass is 248 g/mol. The topological polar surface area (TPSA) is 70.6 Å².